The van der Waals surface area contributed by atoms with Crippen molar-refractivity contribution in [1.29, 1.82) is 0 Å². The minimum atomic E-state index is -1.40. The van der Waals surface area contributed by atoms with Gasteiger partial charge in [0.2, 0.25) is 0 Å². The van der Waals surface area contributed by atoms with Crippen LogP contribution in [0.5, 0.6) is 0 Å². The van der Waals surface area contributed by atoms with Crippen molar-refractivity contribution < 1.29 is 24.9 Å². The molecule has 0 rings (SSSR count). The number of hydrogen-bond donors (Lipinski definition) is 2. The molecule has 0 radical (unpaired) electrons. The van der Waals surface area contributed by atoms with Crippen LogP contribution in [-0.2, 0) is 4.74 Å². The molecule has 1 unspecified atom stereocenters. The molecule has 0 aromatic carbocycles. The van der Waals surface area contributed by atoms with Gasteiger partial charge in [-0.05, 0) is 91.3 Å². The van der Waals surface area contributed by atoms with Gasteiger partial charge in [0.25, 0.3) is 6.16 Å². The summed E-state index contributed by atoms with van der Waals surface area (Å²) < 4.78 is 5.08. The molecule has 0 bridgehead atoms. The molecule has 6 nitrogen and oxygen atoms in total. The molecule has 0 aliphatic heterocycles. The number of unbranched alkanes of at least 4 members (excludes halogenated alkanes) is 19. The number of carboxylic acid groups (broad SMARTS) is 1. The van der Waals surface area contributed by atoms with E-state index in [1.54, 1.807) is 0 Å². The number of nitrogens with zero attached hydrogens (tertiary/aromatic N) is 1. The van der Waals surface area contributed by atoms with Gasteiger partial charge in [0.05, 0.1) is 12.2 Å². The predicted octanol–water partition coefficient (Wildman–Crippen LogP) is 10.4. The zero-order valence-electron chi connectivity index (χ0n) is 31.3. The highest BCUT2D eigenvalue weighted by atomic mass is 16.7. The monoisotopic (exact) mass is 665 g/mol. The first-order valence-corrected chi connectivity index (χ1v) is 20.0. The Kier molecular flexibility index (Phi) is 34.9. The maximum atomic E-state index is 11.0. The lowest BCUT2D eigenvalue weighted by molar-refractivity contribution is -0.288. The molecule has 0 aliphatic carbocycles. The Hall–Kier alpha value is -1.37. The van der Waals surface area contributed by atoms with Gasteiger partial charge < -0.3 is 29.8 Å². The summed E-state index contributed by atoms with van der Waals surface area (Å²) in [6.45, 7) is 3.40. The van der Waals surface area contributed by atoms with Crippen LogP contribution in [-0.4, -0.2) is 60.2 Å². The molecular formula is C41H78NO5-. The van der Waals surface area contributed by atoms with Gasteiger partial charge in [-0.15, -0.1) is 0 Å². The molecule has 0 saturated carbocycles. The summed E-state index contributed by atoms with van der Waals surface area (Å²) in [5.74, 6) is 0. The van der Waals surface area contributed by atoms with Crippen molar-refractivity contribution in [2.24, 2.45) is 0 Å². The van der Waals surface area contributed by atoms with Gasteiger partial charge in [-0.25, -0.2) is 0 Å². The number of rotatable bonds is 36. The Balaban J connectivity index is 3.67. The maximum Gasteiger partial charge on any atom is 0.252 e. The fraction of sp³-hybridized carbons (Fsp3) is 0.878. The first-order chi connectivity index (χ1) is 22.8. The van der Waals surface area contributed by atoms with Gasteiger partial charge in [0, 0.05) is 6.10 Å². The molecular weight excluding hydrogens is 586 g/mol. The van der Waals surface area contributed by atoms with Crippen molar-refractivity contribution in [2.45, 2.75) is 211 Å². The predicted molar refractivity (Wildman–Crippen MR) is 199 cm³/mol. The molecule has 0 fully saturated rings. The lowest BCUT2D eigenvalue weighted by Gasteiger charge is -2.22. The van der Waals surface area contributed by atoms with Crippen LogP contribution in [0.4, 0.5) is 4.79 Å². The second-order valence-electron chi connectivity index (χ2n) is 14.3. The fourth-order valence-corrected chi connectivity index (χ4v) is 6.20. The SMILES string of the molecule is CCCCCC[C@@H](O)C/C=C\CCCCCCCC(CCCCCCC/C=C\C[C@H](O)CCCCCCCCCN(C)C)OC(=O)[O-]. The summed E-state index contributed by atoms with van der Waals surface area (Å²) >= 11 is 0. The minimum absolute atomic E-state index is 0.194. The summed E-state index contributed by atoms with van der Waals surface area (Å²) in [5.41, 5.74) is 0. The molecule has 0 amide bonds. The van der Waals surface area contributed by atoms with Crippen molar-refractivity contribution >= 4 is 6.16 Å². The fourth-order valence-electron chi connectivity index (χ4n) is 6.20. The first-order valence-electron chi connectivity index (χ1n) is 20.0. The highest BCUT2D eigenvalue weighted by molar-refractivity contribution is 5.54. The minimum Gasteiger partial charge on any atom is -0.546 e. The third kappa shape index (κ3) is 37.3. The average molecular weight is 665 g/mol. The van der Waals surface area contributed by atoms with Crippen molar-refractivity contribution in [2.75, 3.05) is 20.6 Å². The smallest absolute Gasteiger partial charge is 0.252 e. The molecule has 0 aromatic rings. The van der Waals surface area contributed by atoms with E-state index in [4.69, 9.17) is 4.74 Å². The standard InChI is InChI=1S/C41H79NO5/c1-4-5-6-24-31-38(43)32-25-18-12-7-9-15-21-28-35-40(47-41(45)46)36-29-22-16-10-8-13-19-26-33-39(44)34-27-20-14-11-17-23-30-37-42(2)3/h18-19,25-26,38-40,43-44H,4-17,20-24,27-37H2,1-3H3,(H,45,46)/p-1/b25-18-,26-19-/t38-,39+,40?/m1/s1. The molecule has 0 saturated heterocycles. The average Bonchev–Trinajstić information content (AvgIpc) is 3.03. The number of allylic oxidation sites excluding steroid dienone is 2. The van der Waals surface area contributed by atoms with Gasteiger partial charge in [0.15, 0.2) is 0 Å². The number of carbonyl (C=O) groups is 1. The van der Waals surface area contributed by atoms with Gasteiger partial charge in [-0.1, -0.05) is 147 Å². The largest absolute Gasteiger partial charge is 0.546 e. The van der Waals surface area contributed by atoms with Crippen molar-refractivity contribution in [1.82, 2.24) is 4.90 Å². The van der Waals surface area contributed by atoms with Gasteiger partial charge in [-0.2, -0.15) is 0 Å². The number of hydrogen-bond acceptors (Lipinski definition) is 6. The van der Waals surface area contributed by atoms with Gasteiger partial charge in [0.1, 0.15) is 0 Å². The van der Waals surface area contributed by atoms with E-state index >= 15 is 0 Å². The van der Waals surface area contributed by atoms with E-state index in [-0.39, 0.29) is 18.3 Å². The highest BCUT2D eigenvalue weighted by Gasteiger charge is 2.08. The third-order valence-corrected chi connectivity index (χ3v) is 9.24. The third-order valence-electron chi connectivity index (χ3n) is 9.24. The summed E-state index contributed by atoms with van der Waals surface area (Å²) in [7, 11) is 4.27. The normalized spacial score (nSPS) is 14.0. The number of aliphatic hydroxyl groups is 2. The van der Waals surface area contributed by atoms with E-state index in [1.807, 2.05) is 0 Å². The number of aliphatic hydroxyl groups excluding tert-OH is 2. The number of ether oxygens (including phenoxy) is 1. The Morgan fingerprint density at radius 2 is 0.957 bits per heavy atom. The van der Waals surface area contributed by atoms with Gasteiger partial charge >= 0.3 is 0 Å². The molecule has 0 heterocycles. The van der Waals surface area contributed by atoms with Gasteiger partial charge in [-0.3, -0.25) is 0 Å². The van der Waals surface area contributed by atoms with Crippen molar-refractivity contribution in [3.63, 3.8) is 0 Å². The quantitative estimate of drug-likeness (QED) is 0.0393. The highest BCUT2D eigenvalue weighted by Crippen LogP contribution is 2.18. The molecule has 0 aliphatic rings. The van der Waals surface area contributed by atoms with E-state index in [9.17, 15) is 20.1 Å². The van der Waals surface area contributed by atoms with Crippen LogP contribution in [0.2, 0.25) is 0 Å². The van der Waals surface area contributed by atoms with E-state index < -0.39 is 6.16 Å². The molecule has 278 valence electrons. The Bertz CT molecular complexity index is 710. The Morgan fingerprint density at radius 1 is 0.574 bits per heavy atom. The lowest BCUT2D eigenvalue weighted by Crippen LogP contribution is -2.29. The van der Waals surface area contributed by atoms with Crippen LogP contribution < -0.4 is 5.11 Å². The van der Waals surface area contributed by atoms with E-state index in [1.165, 1.54) is 77.2 Å². The summed E-state index contributed by atoms with van der Waals surface area (Å²) in [6, 6.07) is 0. The molecule has 0 spiro atoms. The van der Waals surface area contributed by atoms with Crippen molar-refractivity contribution in [3.05, 3.63) is 24.3 Å². The summed E-state index contributed by atoms with van der Waals surface area (Å²) in [5, 5.41) is 31.3. The van der Waals surface area contributed by atoms with Crippen LogP contribution in [0, 0.1) is 0 Å². The molecule has 0 aromatic heterocycles. The molecule has 3 atom stereocenters. The summed E-state index contributed by atoms with van der Waals surface area (Å²) in [6.07, 6.45) is 38.8. The van der Waals surface area contributed by atoms with Crippen LogP contribution >= 0.6 is 0 Å². The zero-order valence-corrected chi connectivity index (χ0v) is 31.3. The molecule has 6 heteroatoms. The summed E-state index contributed by atoms with van der Waals surface area (Å²) in [4.78, 5) is 13.3. The van der Waals surface area contributed by atoms with E-state index in [0.29, 0.717) is 0 Å². The lowest BCUT2D eigenvalue weighted by atomic mass is 10.0. The van der Waals surface area contributed by atoms with E-state index in [0.717, 1.165) is 116 Å². The maximum absolute atomic E-state index is 11.0. The topological polar surface area (TPSA) is 93.1 Å². The zero-order chi connectivity index (χ0) is 34.6. The van der Waals surface area contributed by atoms with Crippen LogP contribution in [0.25, 0.3) is 0 Å². The van der Waals surface area contributed by atoms with Crippen molar-refractivity contribution in [3.8, 4) is 0 Å². The second kappa shape index (κ2) is 35.9. The molecule has 2 N–H and O–H groups in total. The Labute approximate surface area is 291 Å². The second-order valence-corrected chi connectivity index (χ2v) is 14.3. The van der Waals surface area contributed by atoms with E-state index in [2.05, 4.69) is 50.2 Å². The molecule has 47 heavy (non-hydrogen) atoms. The van der Waals surface area contributed by atoms with Crippen LogP contribution in [0.3, 0.4) is 0 Å². The van der Waals surface area contributed by atoms with Crippen LogP contribution in [0.1, 0.15) is 193 Å². The number of carbonyl (C=O) groups excluding carboxylic acids is 1. The van der Waals surface area contributed by atoms with Crippen LogP contribution in [0.15, 0.2) is 24.3 Å². The Morgan fingerprint density at radius 3 is 1.38 bits per heavy atom. The first kappa shape index (κ1) is 45.6.